The zero-order chi connectivity index (χ0) is 21.0. The SMILES string of the molecule is Cc1[nH]c2ccccc2c1C(=O)COC(=O)C[C@H](NC(N)=O)c1ccc(Cl)cc1. The lowest BCUT2D eigenvalue weighted by Crippen LogP contribution is -2.34. The lowest BCUT2D eigenvalue weighted by molar-refractivity contribution is -0.143. The van der Waals surface area contributed by atoms with Gasteiger partial charge in [0.25, 0.3) is 0 Å². The number of carbonyl (C=O) groups excluding carboxylic acids is 3. The van der Waals surface area contributed by atoms with Crippen molar-refractivity contribution in [2.24, 2.45) is 5.73 Å². The Bertz CT molecular complexity index is 1060. The third kappa shape index (κ3) is 4.94. The highest BCUT2D eigenvalue weighted by atomic mass is 35.5. The van der Waals surface area contributed by atoms with Crippen molar-refractivity contribution in [2.75, 3.05) is 6.61 Å². The number of halogens is 1. The van der Waals surface area contributed by atoms with Crippen LogP contribution in [0.15, 0.2) is 48.5 Å². The van der Waals surface area contributed by atoms with Gasteiger partial charge in [-0.3, -0.25) is 9.59 Å². The molecule has 1 aromatic heterocycles. The van der Waals surface area contributed by atoms with Crippen LogP contribution in [0.2, 0.25) is 5.02 Å². The molecule has 3 aromatic rings. The first kappa shape index (κ1) is 20.4. The van der Waals surface area contributed by atoms with Crippen molar-refractivity contribution in [2.45, 2.75) is 19.4 Å². The number of ether oxygens (including phenoxy) is 1. The van der Waals surface area contributed by atoms with Gasteiger partial charge in [0.05, 0.1) is 12.5 Å². The first-order valence-electron chi connectivity index (χ1n) is 8.92. The lowest BCUT2D eigenvalue weighted by atomic mass is 10.0. The molecule has 0 saturated heterocycles. The Morgan fingerprint density at radius 1 is 1.14 bits per heavy atom. The maximum absolute atomic E-state index is 12.6. The molecule has 4 N–H and O–H groups in total. The van der Waals surface area contributed by atoms with Crippen LogP contribution in [0.4, 0.5) is 4.79 Å². The first-order chi connectivity index (χ1) is 13.8. The summed E-state index contributed by atoms with van der Waals surface area (Å²) in [7, 11) is 0. The van der Waals surface area contributed by atoms with Gasteiger partial charge >= 0.3 is 12.0 Å². The highest BCUT2D eigenvalue weighted by Gasteiger charge is 2.21. The fourth-order valence-electron chi connectivity index (χ4n) is 3.20. The predicted octanol–water partition coefficient (Wildman–Crippen LogP) is 3.66. The molecule has 2 amide bonds. The van der Waals surface area contributed by atoms with Crippen molar-refractivity contribution in [1.29, 1.82) is 0 Å². The summed E-state index contributed by atoms with van der Waals surface area (Å²) in [6.45, 7) is 1.40. The van der Waals surface area contributed by atoms with Crippen LogP contribution in [0, 0.1) is 6.92 Å². The van der Waals surface area contributed by atoms with E-state index >= 15 is 0 Å². The van der Waals surface area contributed by atoms with E-state index in [-0.39, 0.29) is 12.2 Å². The van der Waals surface area contributed by atoms with Crippen molar-refractivity contribution in [1.82, 2.24) is 10.3 Å². The van der Waals surface area contributed by atoms with E-state index in [1.807, 2.05) is 24.3 Å². The molecule has 0 aliphatic heterocycles. The number of benzene rings is 2. The molecule has 150 valence electrons. The number of fused-ring (bicyclic) bond motifs is 1. The molecule has 0 aliphatic rings. The van der Waals surface area contributed by atoms with E-state index in [9.17, 15) is 14.4 Å². The van der Waals surface area contributed by atoms with Crippen molar-refractivity contribution >= 4 is 40.3 Å². The zero-order valence-electron chi connectivity index (χ0n) is 15.7. The quantitative estimate of drug-likeness (QED) is 0.405. The monoisotopic (exact) mass is 413 g/mol. The van der Waals surface area contributed by atoms with Crippen LogP contribution in [0.1, 0.15) is 34.1 Å². The lowest BCUT2D eigenvalue weighted by Gasteiger charge is -2.17. The standard InChI is InChI=1S/C21H20ClN3O4/c1-12-20(15-4-2-3-5-16(15)24-12)18(26)11-29-19(27)10-17(25-21(23)28)13-6-8-14(22)9-7-13/h2-9,17,24H,10-11H2,1H3,(H3,23,25,28)/t17-/m0/s1. The summed E-state index contributed by atoms with van der Waals surface area (Å²) < 4.78 is 5.17. The van der Waals surface area contributed by atoms with Gasteiger partial charge in [-0.2, -0.15) is 0 Å². The molecule has 29 heavy (non-hydrogen) atoms. The van der Waals surface area contributed by atoms with E-state index in [1.54, 1.807) is 31.2 Å². The minimum atomic E-state index is -0.775. The van der Waals surface area contributed by atoms with E-state index < -0.39 is 24.6 Å². The minimum Gasteiger partial charge on any atom is -0.457 e. The molecule has 3 rings (SSSR count). The molecule has 1 atom stereocenters. The highest BCUT2D eigenvalue weighted by molar-refractivity contribution is 6.30. The number of hydrogen-bond acceptors (Lipinski definition) is 4. The number of urea groups is 1. The van der Waals surface area contributed by atoms with Gasteiger partial charge in [-0.15, -0.1) is 0 Å². The van der Waals surface area contributed by atoms with Gasteiger partial charge < -0.3 is 20.8 Å². The number of aromatic nitrogens is 1. The van der Waals surface area contributed by atoms with E-state index in [4.69, 9.17) is 22.1 Å². The number of aromatic amines is 1. The molecule has 0 bridgehead atoms. The third-order valence-corrected chi connectivity index (χ3v) is 4.75. The van der Waals surface area contributed by atoms with E-state index in [2.05, 4.69) is 10.3 Å². The number of nitrogens with two attached hydrogens (primary N) is 1. The van der Waals surface area contributed by atoms with E-state index in [1.165, 1.54) is 0 Å². The van der Waals surface area contributed by atoms with Crippen LogP contribution in [-0.2, 0) is 9.53 Å². The van der Waals surface area contributed by atoms with E-state index in [0.717, 1.165) is 10.9 Å². The fraction of sp³-hybridized carbons (Fsp3) is 0.190. The maximum atomic E-state index is 12.6. The molecule has 0 fully saturated rings. The molecule has 0 aliphatic carbocycles. The number of hydrogen-bond donors (Lipinski definition) is 3. The van der Waals surface area contributed by atoms with Crippen LogP contribution >= 0.6 is 11.6 Å². The Labute approximate surface area is 172 Å². The summed E-state index contributed by atoms with van der Waals surface area (Å²) in [6.07, 6.45) is -0.176. The number of Topliss-reactive ketones (excluding diaryl/α,β-unsaturated/α-hetero) is 1. The number of esters is 1. The normalized spacial score (nSPS) is 11.8. The smallest absolute Gasteiger partial charge is 0.312 e. The third-order valence-electron chi connectivity index (χ3n) is 4.50. The second kappa shape index (κ2) is 8.79. The van der Waals surface area contributed by atoms with Crippen molar-refractivity contribution in [3.8, 4) is 0 Å². The van der Waals surface area contributed by atoms with Gasteiger partial charge in [-0.25, -0.2) is 4.79 Å². The summed E-state index contributed by atoms with van der Waals surface area (Å²) in [5.74, 6) is -0.941. The summed E-state index contributed by atoms with van der Waals surface area (Å²) in [5.41, 5.74) is 7.90. The van der Waals surface area contributed by atoms with Crippen LogP contribution in [0.3, 0.4) is 0 Å². The Morgan fingerprint density at radius 3 is 2.52 bits per heavy atom. The van der Waals surface area contributed by atoms with Crippen LogP contribution in [0.5, 0.6) is 0 Å². The number of amides is 2. The molecule has 0 radical (unpaired) electrons. The number of carbonyl (C=O) groups is 3. The highest BCUT2D eigenvalue weighted by Crippen LogP contribution is 2.23. The minimum absolute atomic E-state index is 0.176. The molecule has 1 heterocycles. The Morgan fingerprint density at radius 2 is 1.83 bits per heavy atom. The molecular formula is C21H20ClN3O4. The maximum Gasteiger partial charge on any atom is 0.312 e. The number of aryl methyl sites for hydroxylation is 1. The van der Waals surface area contributed by atoms with Crippen LogP contribution < -0.4 is 11.1 Å². The summed E-state index contributed by atoms with van der Waals surface area (Å²) in [5, 5.41) is 3.80. The Balaban J connectivity index is 1.67. The van der Waals surface area contributed by atoms with Crippen LogP contribution in [-0.4, -0.2) is 29.4 Å². The summed E-state index contributed by atoms with van der Waals surface area (Å²) in [4.78, 5) is 39.3. The van der Waals surface area contributed by atoms with Gasteiger partial charge in [0.15, 0.2) is 6.61 Å². The molecule has 0 spiro atoms. The van der Waals surface area contributed by atoms with Crippen LogP contribution in [0.25, 0.3) is 10.9 Å². The molecule has 7 nitrogen and oxygen atoms in total. The molecule has 0 unspecified atom stereocenters. The van der Waals surface area contributed by atoms with Gasteiger partial charge in [0, 0.05) is 27.2 Å². The molecule has 0 saturated carbocycles. The molecular weight excluding hydrogens is 394 g/mol. The number of H-pyrrole nitrogens is 1. The summed E-state index contributed by atoms with van der Waals surface area (Å²) >= 11 is 5.87. The number of primary amides is 1. The average Bonchev–Trinajstić information content (AvgIpc) is 3.01. The predicted molar refractivity (Wildman–Crippen MR) is 110 cm³/mol. The van der Waals surface area contributed by atoms with E-state index in [0.29, 0.717) is 21.8 Å². The Kier molecular flexibility index (Phi) is 6.19. The number of nitrogens with one attached hydrogen (secondary N) is 2. The molecule has 2 aromatic carbocycles. The summed E-state index contributed by atoms with van der Waals surface area (Å²) in [6, 6.07) is 12.6. The molecule has 8 heteroatoms. The second-order valence-electron chi connectivity index (χ2n) is 6.57. The number of ketones is 1. The van der Waals surface area contributed by atoms with Crippen molar-refractivity contribution in [3.05, 3.63) is 70.4 Å². The fourth-order valence-corrected chi connectivity index (χ4v) is 3.32. The average molecular weight is 414 g/mol. The van der Waals surface area contributed by atoms with Gasteiger partial charge in [0.2, 0.25) is 5.78 Å². The second-order valence-corrected chi connectivity index (χ2v) is 7.01. The number of rotatable bonds is 7. The topological polar surface area (TPSA) is 114 Å². The largest absolute Gasteiger partial charge is 0.457 e. The number of para-hydroxylation sites is 1. The van der Waals surface area contributed by atoms with Crippen molar-refractivity contribution in [3.63, 3.8) is 0 Å². The zero-order valence-corrected chi connectivity index (χ0v) is 16.5. The van der Waals surface area contributed by atoms with Gasteiger partial charge in [-0.05, 0) is 30.7 Å². The van der Waals surface area contributed by atoms with Crippen molar-refractivity contribution < 1.29 is 19.1 Å². The Hall–Kier alpha value is -3.32. The van der Waals surface area contributed by atoms with Gasteiger partial charge in [0.1, 0.15) is 0 Å². The van der Waals surface area contributed by atoms with Gasteiger partial charge in [-0.1, -0.05) is 41.9 Å². The first-order valence-corrected chi connectivity index (χ1v) is 9.30.